The third-order valence-corrected chi connectivity index (χ3v) is 5.30. The summed E-state index contributed by atoms with van der Waals surface area (Å²) in [5.41, 5.74) is 4.49. The second kappa shape index (κ2) is 11.2. The third kappa shape index (κ3) is 6.88. The van der Waals surface area contributed by atoms with E-state index in [1.807, 2.05) is 0 Å². The van der Waals surface area contributed by atoms with E-state index in [9.17, 15) is 0 Å². The molecule has 0 radical (unpaired) electrons. The Kier molecular flexibility index (Phi) is 10.9. The number of fused-ring (bicyclic) bond motifs is 3. The fourth-order valence-corrected chi connectivity index (χ4v) is 3.47. The quantitative estimate of drug-likeness (QED) is 0.400. The van der Waals surface area contributed by atoms with Crippen LogP contribution in [0.4, 0.5) is 0 Å². The SMILES string of the molecule is CC(C)(C)c1ccc2c(c1)[cH-]c1cc(C(C)(C)C)ccc12.CC1=[C-]CC=C1.[Cl-].[Cl-].[Zr+4]. The molecular weight excluding hydrogens is 486 g/mol. The normalized spacial score (nSPS) is 13.0. The van der Waals surface area contributed by atoms with Crippen LogP contribution in [0.25, 0.3) is 21.5 Å². The molecule has 0 bridgehead atoms. The molecule has 1 aliphatic rings. The molecular formula is C27H32Cl2Zr. The molecule has 0 atom stereocenters. The van der Waals surface area contributed by atoms with Gasteiger partial charge in [-0.05, 0) is 10.8 Å². The molecule has 1 aliphatic carbocycles. The molecule has 0 saturated heterocycles. The Balaban J connectivity index is 0.000000814. The van der Waals surface area contributed by atoms with Crippen molar-refractivity contribution in [3.8, 4) is 0 Å². The summed E-state index contributed by atoms with van der Waals surface area (Å²) < 4.78 is 0. The standard InChI is InChI=1S/C21H25.C6H7.2ClH.Zr/c1-20(2,3)16-7-9-18-14(12-16)11-15-13-17(21(4,5)6)8-10-19(15)18;1-6-4-2-3-5-6;;;/h7-13H,1-6H3;2,4H,3H2,1H3;2*1H;/q2*-1;;;+4/p-2. The smallest absolute Gasteiger partial charge is 1.00 e. The van der Waals surface area contributed by atoms with Crippen LogP contribution in [0, 0.1) is 6.08 Å². The van der Waals surface area contributed by atoms with Crippen molar-refractivity contribution in [3.63, 3.8) is 0 Å². The van der Waals surface area contributed by atoms with Crippen molar-refractivity contribution in [3.05, 3.63) is 77.4 Å². The van der Waals surface area contributed by atoms with E-state index < -0.39 is 0 Å². The van der Waals surface area contributed by atoms with Gasteiger partial charge in [0.05, 0.1) is 0 Å². The molecule has 30 heavy (non-hydrogen) atoms. The number of rotatable bonds is 0. The zero-order valence-corrected chi connectivity index (χ0v) is 23.1. The van der Waals surface area contributed by atoms with Crippen LogP contribution in [-0.4, -0.2) is 0 Å². The molecule has 3 aromatic rings. The van der Waals surface area contributed by atoms with Crippen molar-refractivity contribution in [1.29, 1.82) is 0 Å². The molecule has 0 nitrogen and oxygen atoms in total. The average Bonchev–Trinajstić information content (AvgIpc) is 3.18. The summed E-state index contributed by atoms with van der Waals surface area (Å²) in [6.07, 6.45) is 8.33. The van der Waals surface area contributed by atoms with Gasteiger partial charge in [-0.25, -0.2) is 11.6 Å². The minimum Gasteiger partial charge on any atom is -1.00 e. The van der Waals surface area contributed by atoms with Crippen molar-refractivity contribution in [1.82, 2.24) is 0 Å². The summed E-state index contributed by atoms with van der Waals surface area (Å²) in [4.78, 5) is 0. The maximum absolute atomic E-state index is 3.12. The first-order valence-corrected chi connectivity index (χ1v) is 9.94. The number of allylic oxidation sites excluding steroid dienone is 4. The van der Waals surface area contributed by atoms with Crippen molar-refractivity contribution >= 4 is 21.5 Å². The molecule has 0 N–H and O–H groups in total. The van der Waals surface area contributed by atoms with Gasteiger partial charge in [0.1, 0.15) is 0 Å². The molecule has 0 spiro atoms. The fourth-order valence-electron chi connectivity index (χ4n) is 3.47. The van der Waals surface area contributed by atoms with Crippen LogP contribution in [0.2, 0.25) is 0 Å². The van der Waals surface area contributed by atoms with E-state index in [0.29, 0.717) is 0 Å². The summed E-state index contributed by atoms with van der Waals surface area (Å²) in [6.45, 7) is 15.7. The first-order chi connectivity index (χ1) is 12.6. The summed E-state index contributed by atoms with van der Waals surface area (Å²) in [5, 5.41) is 5.48. The zero-order chi connectivity index (χ0) is 19.8. The van der Waals surface area contributed by atoms with Crippen LogP contribution in [-0.2, 0) is 37.0 Å². The molecule has 0 unspecified atom stereocenters. The van der Waals surface area contributed by atoms with Crippen LogP contribution in [0.3, 0.4) is 0 Å². The average molecular weight is 519 g/mol. The molecule has 0 saturated carbocycles. The van der Waals surface area contributed by atoms with Gasteiger partial charge in [0.2, 0.25) is 0 Å². The molecule has 0 fully saturated rings. The Morgan fingerprint density at radius 1 is 0.767 bits per heavy atom. The Bertz CT molecular complexity index is 954. The first kappa shape index (κ1) is 29.3. The van der Waals surface area contributed by atoms with Crippen LogP contribution in [0.5, 0.6) is 0 Å². The topological polar surface area (TPSA) is 0 Å². The Hall–Kier alpha value is -0.747. The number of hydrogen-bond donors (Lipinski definition) is 0. The van der Waals surface area contributed by atoms with Gasteiger partial charge in [0.25, 0.3) is 0 Å². The molecule has 3 heteroatoms. The fraction of sp³-hybridized carbons (Fsp3) is 0.370. The van der Waals surface area contributed by atoms with Gasteiger partial charge in [0.15, 0.2) is 0 Å². The largest absolute Gasteiger partial charge is 4.00 e. The van der Waals surface area contributed by atoms with Gasteiger partial charge < -0.3 is 24.8 Å². The van der Waals surface area contributed by atoms with Crippen molar-refractivity contribution < 1.29 is 51.0 Å². The van der Waals surface area contributed by atoms with Crippen LogP contribution >= 0.6 is 0 Å². The predicted octanol–water partition coefficient (Wildman–Crippen LogP) is 2.01. The van der Waals surface area contributed by atoms with Crippen LogP contribution in [0.15, 0.2) is 60.2 Å². The van der Waals surface area contributed by atoms with Gasteiger partial charge in [-0.1, -0.05) is 83.9 Å². The molecule has 0 aliphatic heterocycles. The van der Waals surface area contributed by atoms with Crippen LogP contribution < -0.4 is 24.8 Å². The van der Waals surface area contributed by atoms with E-state index in [2.05, 4.69) is 109 Å². The zero-order valence-electron chi connectivity index (χ0n) is 19.2. The summed E-state index contributed by atoms with van der Waals surface area (Å²) in [7, 11) is 0. The predicted molar refractivity (Wildman–Crippen MR) is 121 cm³/mol. The Morgan fingerprint density at radius 3 is 1.47 bits per heavy atom. The van der Waals surface area contributed by atoms with E-state index in [-0.39, 0.29) is 61.8 Å². The molecule has 0 heterocycles. The van der Waals surface area contributed by atoms with Gasteiger partial charge in [-0.15, -0.1) is 46.2 Å². The maximum atomic E-state index is 3.12. The van der Waals surface area contributed by atoms with E-state index in [0.717, 1.165) is 6.42 Å². The molecule has 0 aromatic heterocycles. The number of hydrogen-bond acceptors (Lipinski definition) is 0. The van der Waals surface area contributed by atoms with Crippen molar-refractivity contribution in [2.24, 2.45) is 0 Å². The summed E-state index contributed by atoms with van der Waals surface area (Å²) in [6, 6.07) is 16.2. The van der Waals surface area contributed by atoms with Crippen molar-refractivity contribution in [2.75, 3.05) is 0 Å². The van der Waals surface area contributed by atoms with Gasteiger partial charge in [-0.2, -0.15) is 6.08 Å². The molecule has 3 aromatic carbocycles. The third-order valence-electron chi connectivity index (χ3n) is 5.30. The summed E-state index contributed by atoms with van der Waals surface area (Å²) in [5.74, 6) is 0. The monoisotopic (exact) mass is 516 g/mol. The second-order valence-corrected chi connectivity index (χ2v) is 9.71. The Labute approximate surface area is 214 Å². The summed E-state index contributed by atoms with van der Waals surface area (Å²) >= 11 is 0. The molecule has 4 rings (SSSR count). The van der Waals surface area contributed by atoms with Crippen molar-refractivity contribution in [2.45, 2.75) is 65.7 Å². The Morgan fingerprint density at radius 2 is 1.20 bits per heavy atom. The van der Waals surface area contributed by atoms with Gasteiger partial charge >= 0.3 is 26.2 Å². The molecule has 158 valence electrons. The van der Waals surface area contributed by atoms with E-state index in [1.165, 1.54) is 38.2 Å². The minimum atomic E-state index is 0. The van der Waals surface area contributed by atoms with E-state index >= 15 is 0 Å². The van der Waals surface area contributed by atoms with Crippen LogP contribution in [0.1, 0.15) is 66.0 Å². The van der Waals surface area contributed by atoms with E-state index in [4.69, 9.17) is 0 Å². The number of benzene rings is 2. The molecule has 0 amide bonds. The van der Waals surface area contributed by atoms with Gasteiger partial charge in [0, 0.05) is 0 Å². The second-order valence-electron chi connectivity index (χ2n) is 9.71. The number of halogens is 2. The first-order valence-electron chi connectivity index (χ1n) is 9.94. The van der Waals surface area contributed by atoms with Gasteiger partial charge in [-0.3, -0.25) is 6.08 Å². The maximum Gasteiger partial charge on any atom is 4.00 e. The van der Waals surface area contributed by atoms with E-state index in [1.54, 1.807) is 0 Å². The minimum absolute atomic E-state index is 0.